The molecule has 1 N–H and O–H groups in total. The highest BCUT2D eigenvalue weighted by Crippen LogP contribution is 2.36. The van der Waals surface area contributed by atoms with Crippen molar-refractivity contribution in [3.63, 3.8) is 0 Å². The number of halogens is 6. The van der Waals surface area contributed by atoms with E-state index < -0.39 is 17.6 Å². The van der Waals surface area contributed by atoms with Crippen LogP contribution >= 0.6 is 31.9 Å². The minimum absolute atomic E-state index is 0.0899. The van der Waals surface area contributed by atoms with E-state index in [1.54, 1.807) is 30.3 Å². The monoisotopic (exact) mass is 596 g/mol. The predicted molar refractivity (Wildman–Crippen MR) is 126 cm³/mol. The van der Waals surface area contributed by atoms with Gasteiger partial charge in [-0.25, -0.2) is 4.39 Å². The molecule has 0 unspecified atom stereocenters. The van der Waals surface area contributed by atoms with Crippen LogP contribution in [0.5, 0.6) is 5.75 Å². The minimum atomic E-state index is -4.56. The molecule has 0 atom stereocenters. The van der Waals surface area contributed by atoms with Crippen LogP contribution in [0.15, 0.2) is 75.2 Å². The average molecular weight is 598 g/mol. The Labute approximate surface area is 209 Å². The van der Waals surface area contributed by atoms with E-state index in [9.17, 15) is 27.6 Å². The molecule has 0 aliphatic carbocycles. The second-order valence-corrected chi connectivity index (χ2v) is 8.64. The van der Waals surface area contributed by atoms with Crippen molar-refractivity contribution in [2.45, 2.75) is 12.8 Å². The number of carbonyl (C=O) groups excluding carboxylic acids is 1. The summed E-state index contributed by atoms with van der Waals surface area (Å²) in [5, 5.41) is 11.7. The Kier molecular flexibility index (Phi) is 8.12. The first kappa shape index (κ1) is 25.5. The van der Waals surface area contributed by atoms with Crippen molar-refractivity contribution in [3.05, 3.63) is 97.7 Å². The Morgan fingerprint density at radius 1 is 1.06 bits per heavy atom. The van der Waals surface area contributed by atoms with Crippen molar-refractivity contribution in [2.24, 2.45) is 0 Å². The zero-order valence-electron chi connectivity index (χ0n) is 17.1. The maximum absolute atomic E-state index is 13.0. The smallest absolute Gasteiger partial charge is 0.416 e. The number of ether oxygens (including phenoxy) is 1. The molecular weight excluding hydrogens is 584 g/mol. The third-order valence-corrected chi connectivity index (χ3v) is 5.62. The van der Waals surface area contributed by atoms with Gasteiger partial charge in [-0.15, -0.1) is 0 Å². The second kappa shape index (κ2) is 10.8. The summed E-state index contributed by atoms with van der Waals surface area (Å²) in [6, 6.07) is 14.9. The largest absolute Gasteiger partial charge is 0.487 e. The van der Waals surface area contributed by atoms with Gasteiger partial charge >= 0.3 is 6.18 Å². The summed E-state index contributed by atoms with van der Waals surface area (Å²) in [5.74, 6) is -0.758. The summed E-state index contributed by atoms with van der Waals surface area (Å²) < 4.78 is 58.5. The molecule has 0 saturated heterocycles. The van der Waals surface area contributed by atoms with Gasteiger partial charge in [-0.2, -0.15) is 18.4 Å². The van der Waals surface area contributed by atoms with Gasteiger partial charge in [0.1, 0.15) is 29.8 Å². The first-order valence-electron chi connectivity index (χ1n) is 9.53. The molecule has 3 aromatic carbocycles. The summed E-state index contributed by atoms with van der Waals surface area (Å²) in [5.41, 5.74) is -0.105. The van der Waals surface area contributed by atoms with Gasteiger partial charge in [-0.3, -0.25) is 4.79 Å². The number of anilines is 1. The topological polar surface area (TPSA) is 62.1 Å². The zero-order valence-corrected chi connectivity index (χ0v) is 20.3. The maximum atomic E-state index is 13.0. The second-order valence-electron chi connectivity index (χ2n) is 6.93. The lowest BCUT2D eigenvalue weighted by Gasteiger charge is -2.12. The van der Waals surface area contributed by atoms with Crippen LogP contribution in [0, 0.1) is 17.1 Å². The van der Waals surface area contributed by atoms with Crippen molar-refractivity contribution in [1.82, 2.24) is 0 Å². The molecule has 0 heterocycles. The molecule has 10 heteroatoms. The van der Waals surface area contributed by atoms with Crippen molar-refractivity contribution >= 4 is 49.5 Å². The summed E-state index contributed by atoms with van der Waals surface area (Å²) in [6.45, 7) is 0.176. The first-order valence-corrected chi connectivity index (χ1v) is 11.1. The number of hydrogen-bond acceptors (Lipinski definition) is 3. The van der Waals surface area contributed by atoms with Crippen LogP contribution in [0.2, 0.25) is 0 Å². The third-order valence-electron chi connectivity index (χ3n) is 4.44. The molecule has 3 rings (SSSR count). The van der Waals surface area contributed by atoms with Crippen LogP contribution in [-0.4, -0.2) is 5.91 Å². The van der Waals surface area contributed by atoms with Crippen molar-refractivity contribution in [3.8, 4) is 11.8 Å². The molecule has 1 amide bonds. The normalized spacial score (nSPS) is 11.6. The fourth-order valence-electron chi connectivity index (χ4n) is 2.82. The van der Waals surface area contributed by atoms with Gasteiger partial charge in [0.05, 0.1) is 14.5 Å². The quantitative estimate of drug-likeness (QED) is 0.182. The lowest BCUT2D eigenvalue weighted by atomic mass is 10.1. The minimum Gasteiger partial charge on any atom is -0.487 e. The molecule has 4 nitrogen and oxygen atoms in total. The molecule has 3 aromatic rings. The van der Waals surface area contributed by atoms with Crippen LogP contribution < -0.4 is 10.1 Å². The van der Waals surface area contributed by atoms with Gasteiger partial charge < -0.3 is 10.1 Å². The van der Waals surface area contributed by atoms with E-state index in [-0.39, 0.29) is 23.7 Å². The van der Waals surface area contributed by atoms with Crippen LogP contribution in [0.4, 0.5) is 23.2 Å². The number of nitrogens with zero attached hydrogens (tertiary/aromatic N) is 1. The van der Waals surface area contributed by atoms with Crippen LogP contribution in [-0.2, 0) is 17.6 Å². The highest BCUT2D eigenvalue weighted by Gasteiger charge is 2.30. The Balaban J connectivity index is 1.77. The van der Waals surface area contributed by atoms with Gasteiger partial charge in [-0.05, 0) is 91.5 Å². The van der Waals surface area contributed by atoms with Crippen molar-refractivity contribution in [2.75, 3.05) is 5.32 Å². The lowest BCUT2D eigenvalue weighted by Crippen LogP contribution is -2.14. The van der Waals surface area contributed by atoms with E-state index in [1.165, 1.54) is 24.3 Å². The van der Waals surface area contributed by atoms with Gasteiger partial charge in [0.2, 0.25) is 0 Å². The number of rotatable bonds is 6. The molecule has 0 fully saturated rings. The summed E-state index contributed by atoms with van der Waals surface area (Å²) >= 11 is 6.76. The first-order chi connectivity index (χ1) is 16.1. The number of amides is 1. The average Bonchev–Trinajstić information content (AvgIpc) is 2.77. The van der Waals surface area contributed by atoms with Crippen molar-refractivity contribution < 1.29 is 27.1 Å². The molecule has 0 saturated carbocycles. The third kappa shape index (κ3) is 6.68. The molecular formula is C24H14Br2F4N2O2. The predicted octanol–water partition coefficient (Wildman–Crippen LogP) is 7.49. The van der Waals surface area contributed by atoms with E-state index in [2.05, 4.69) is 37.2 Å². The molecule has 174 valence electrons. The van der Waals surface area contributed by atoms with Crippen LogP contribution in [0.25, 0.3) is 6.08 Å². The maximum Gasteiger partial charge on any atom is 0.416 e. The highest BCUT2D eigenvalue weighted by atomic mass is 79.9. The molecule has 0 radical (unpaired) electrons. The number of benzene rings is 3. The van der Waals surface area contributed by atoms with Gasteiger partial charge in [0.25, 0.3) is 5.91 Å². The van der Waals surface area contributed by atoms with Crippen LogP contribution in [0.3, 0.4) is 0 Å². The number of nitriles is 1. The molecule has 0 spiro atoms. The van der Waals surface area contributed by atoms with Gasteiger partial charge in [-0.1, -0.05) is 18.2 Å². The number of nitrogens with one attached hydrogen (secondary N) is 1. The van der Waals surface area contributed by atoms with E-state index in [4.69, 9.17) is 4.74 Å². The lowest BCUT2D eigenvalue weighted by molar-refractivity contribution is -0.137. The summed E-state index contributed by atoms with van der Waals surface area (Å²) in [6.07, 6.45) is -3.27. The SMILES string of the molecule is N#C/C(=C\c1cc(Br)c(OCc2ccc(F)cc2)c(Br)c1)C(=O)Nc1cccc(C(F)(F)F)c1. The number of carbonyl (C=O) groups is 1. The van der Waals surface area contributed by atoms with Crippen LogP contribution in [0.1, 0.15) is 16.7 Å². The number of alkyl halides is 3. The Bertz CT molecular complexity index is 1260. The fourth-order valence-corrected chi connectivity index (χ4v) is 4.27. The fraction of sp³-hybridized carbons (Fsp3) is 0.0833. The zero-order chi connectivity index (χ0) is 24.9. The molecule has 34 heavy (non-hydrogen) atoms. The Morgan fingerprint density at radius 2 is 1.71 bits per heavy atom. The Hall–Kier alpha value is -3.16. The van der Waals surface area contributed by atoms with E-state index in [0.717, 1.165) is 23.8 Å². The van der Waals surface area contributed by atoms with Gasteiger partial charge in [0.15, 0.2) is 0 Å². The number of hydrogen-bond donors (Lipinski definition) is 1. The molecule has 0 bridgehead atoms. The van der Waals surface area contributed by atoms with E-state index in [1.807, 2.05) is 0 Å². The molecule has 0 aromatic heterocycles. The summed E-state index contributed by atoms with van der Waals surface area (Å²) in [7, 11) is 0. The summed E-state index contributed by atoms with van der Waals surface area (Å²) in [4.78, 5) is 12.5. The van der Waals surface area contributed by atoms with Crippen molar-refractivity contribution in [1.29, 1.82) is 5.26 Å². The highest BCUT2D eigenvalue weighted by molar-refractivity contribution is 9.11. The van der Waals surface area contributed by atoms with Gasteiger partial charge in [0, 0.05) is 5.69 Å². The molecule has 0 aliphatic heterocycles. The van der Waals surface area contributed by atoms with E-state index >= 15 is 0 Å². The Morgan fingerprint density at radius 3 is 2.29 bits per heavy atom. The van der Waals surface area contributed by atoms with E-state index in [0.29, 0.717) is 20.3 Å². The standard InChI is InChI=1S/C24H14Br2F4N2O2/c25-20-9-15(10-21(26)22(20)34-13-14-4-6-18(27)7-5-14)8-16(12-31)23(33)32-19-3-1-2-17(11-19)24(28,29)30/h1-11H,13H2,(H,32,33)/b16-8+. The molecule has 0 aliphatic rings.